The molecule has 0 aliphatic carbocycles. The van der Waals surface area contributed by atoms with Crippen LogP contribution >= 0.6 is 0 Å². The van der Waals surface area contributed by atoms with Crippen LogP contribution in [0, 0.1) is 5.92 Å². The summed E-state index contributed by atoms with van der Waals surface area (Å²) >= 11 is 0. The van der Waals surface area contributed by atoms with Gasteiger partial charge >= 0.3 is 6.09 Å². The molecule has 5 nitrogen and oxygen atoms in total. The van der Waals surface area contributed by atoms with Gasteiger partial charge in [-0.1, -0.05) is 6.92 Å². The molecule has 21 heavy (non-hydrogen) atoms. The minimum absolute atomic E-state index is 0.133. The van der Waals surface area contributed by atoms with Crippen LogP contribution in [0.5, 0.6) is 0 Å². The molecule has 2 aliphatic heterocycles. The first-order chi connectivity index (χ1) is 9.80. The molecule has 0 aromatic carbocycles. The molecule has 5 heteroatoms. The van der Waals surface area contributed by atoms with E-state index in [2.05, 4.69) is 11.8 Å². The number of rotatable bonds is 2. The smallest absolute Gasteiger partial charge is 0.410 e. The van der Waals surface area contributed by atoms with Gasteiger partial charge in [-0.15, -0.1) is 0 Å². The van der Waals surface area contributed by atoms with Crippen molar-refractivity contribution >= 4 is 6.09 Å². The first-order valence-corrected chi connectivity index (χ1v) is 8.20. The third kappa shape index (κ3) is 4.33. The Bertz CT molecular complexity index is 359. The van der Waals surface area contributed by atoms with Gasteiger partial charge in [-0.25, -0.2) is 4.79 Å². The van der Waals surface area contributed by atoms with Crippen molar-refractivity contribution in [2.24, 2.45) is 5.92 Å². The summed E-state index contributed by atoms with van der Waals surface area (Å²) in [6, 6.07) is 0.133. The van der Waals surface area contributed by atoms with Gasteiger partial charge in [0, 0.05) is 6.04 Å². The molecule has 122 valence electrons. The summed E-state index contributed by atoms with van der Waals surface area (Å²) in [7, 11) is 0. The number of ether oxygens (including phenoxy) is 1. The van der Waals surface area contributed by atoms with E-state index in [4.69, 9.17) is 4.74 Å². The molecule has 0 bridgehead atoms. The lowest BCUT2D eigenvalue weighted by Gasteiger charge is -2.38. The van der Waals surface area contributed by atoms with Crippen molar-refractivity contribution in [1.29, 1.82) is 0 Å². The van der Waals surface area contributed by atoms with E-state index in [1.54, 1.807) is 4.90 Å². The second kappa shape index (κ2) is 6.53. The van der Waals surface area contributed by atoms with Gasteiger partial charge in [-0.05, 0) is 65.6 Å². The second-order valence-corrected chi connectivity index (χ2v) is 7.36. The fourth-order valence-electron chi connectivity index (χ4n) is 3.47. The molecule has 2 rings (SSSR count). The SMILES string of the molecule is CCN1CCC([C@@H]2C[C@@H](O)CN2C(=O)OC(C)(C)C)CC1. The predicted molar refractivity (Wildman–Crippen MR) is 82.2 cm³/mol. The van der Waals surface area contributed by atoms with Crippen LogP contribution in [0.25, 0.3) is 0 Å². The summed E-state index contributed by atoms with van der Waals surface area (Å²) in [5, 5.41) is 9.99. The highest BCUT2D eigenvalue weighted by molar-refractivity contribution is 5.69. The van der Waals surface area contributed by atoms with E-state index in [0.29, 0.717) is 18.9 Å². The number of aliphatic hydroxyl groups is 1. The van der Waals surface area contributed by atoms with Crippen molar-refractivity contribution < 1.29 is 14.6 Å². The van der Waals surface area contributed by atoms with Crippen molar-refractivity contribution in [2.45, 2.75) is 64.7 Å². The van der Waals surface area contributed by atoms with Gasteiger partial charge in [0.1, 0.15) is 5.60 Å². The number of carbonyl (C=O) groups excluding carboxylic acids is 1. The van der Waals surface area contributed by atoms with Crippen molar-refractivity contribution in [3.05, 3.63) is 0 Å². The summed E-state index contributed by atoms with van der Waals surface area (Å²) in [4.78, 5) is 16.6. The van der Waals surface area contributed by atoms with Gasteiger partial charge in [0.25, 0.3) is 0 Å². The molecule has 0 saturated carbocycles. The lowest BCUT2D eigenvalue weighted by atomic mass is 9.88. The van der Waals surface area contributed by atoms with Crippen LogP contribution in [-0.4, -0.2) is 64.9 Å². The summed E-state index contributed by atoms with van der Waals surface area (Å²) in [5.74, 6) is 0.484. The maximum Gasteiger partial charge on any atom is 0.410 e. The minimum Gasteiger partial charge on any atom is -0.444 e. The molecule has 0 spiro atoms. The molecule has 2 fully saturated rings. The number of amides is 1. The van der Waals surface area contributed by atoms with Crippen LogP contribution in [0.4, 0.5) is 4.79 Å². The largest absolute Gasteiger partial charge is 0.444 e. The van der Waals surface area contributed by atoms with E-state index in [1.807, 2.05) is 20.8 Å². The molecular formula is C16H30N2O3. The van der Waals surface area contributed by atoms with Gasteiger partial charge in [-0.3, -0.25) is 0 Å². The average molecular weight is 298 g/mol. The first-order valence-electron chi connectivity index (χ1n) is 8.20. The third-order valence-corrected chi connectivity index (χ3v) is 4.57. The summed E-state index contributed by atoms with van der Waals surface area (Å²) in [6.45, 7) is 11.5. The van der Waals surface area contributed by atoms with Crippen molar-refractivity contribution in [3.8, 4) is 0 Å². The van der Waals surface area contributed by atoms with Crippen molar-refractivity contribution in [3.63, 3.8) is 0 Å². The summed E-state index contributed by atoms with van der Waals surface area (Å²) < 4.78 is 5.50. The van der Waals surface area contributed by atoms with Crippen LogP contribution in [0.3, 0.4) is 0 Å². The first kappa shape index (κ1) is 16.6. The highest BCUT2D eigenvalue weighted by Gasteiger charge is 2.41. The Morgan fingerprint density at radius 1 is 1.29 bits per heavy atom. The van der Waals surface area contributed by atoms with Crippen molar-refractivity contribution in [1.82, 2.24) is 9.80 Å². The van der Waals surface area contributed by atoms with E-state index >= 15 is 0 Å². The predicted octanol–water partition coefficient (Wildman–Crippen LogP) is 2.09. The lowest BCUT2D eigenvalue weighted by Crippen LogP contribution is -2.46. The highest BCUT2D eigenvalue weighted by atomic mass is 16.6. The Labute approximate surface area is 128 Å². The Morgan fingerprint density at radius 2 is 1.90 bits per heavy atom. The van der Waals surface area contributed by atoms with Crippen molar-refractivity contribution in [2.75, 3.05) is 26.2 Å². The maximum atomic E-state index is 12.4. The zero-order valence-electron chi connectivity index (χ0n) is 13.8. The number of nitrogens with zero attached hydrogens (tertiary/aromatic N) is 2. The van der Waals surface area contributed by atoms with Gasteiger partial charge in [0.2, 0.25) is 0 Å². The number of hydrogen-bond donors (Lipinski definition) is 1. The van der Waals surface area contributed by atoms with Crippen LogP contribution in [0.2, 0.25) is 0 Å². The zero-order valence-corrected chi connectivity index (χ0v) is 13.8. The number of hydrogen-bond acceptors (Lipinski definition) is 4. The van der Waals surface area contributed by atoms with E-state index in [1.165, 1.54) is 0 Å². The number of β-amino-alcohol motifs (C(OH)–C–C–N with tert-alkyl or cyclic N) is 1. The van der Waals surface area contributed by atoms with Crippen LogP contribution < -0.4 is 0 Å². The molecular weight excluding hydrogens is 268 g/mol. The molecule has 2 heterocycles. The number of piperidine rings is 1. The third-order valence-electron chi connectivity index (χ3n) is 4.57. The second-order valence-electron chi connectivity index (χ2n) is 7.36. The Morgan fingerprint density at radius 3 is 2.43 bits per heavy atom. The van der Waals surface area contributed by atoms with Gasteiger partial charge in [0.05, 0.1) is 12.6 Å². The normalized spacial score (nSPS) is 28.9. The molecule has 2 saturated heterocycles. The van der Waals surface area contributed by atoms with E-state index in [-0.39, 0.29) is 12.1 Å². The fourth-order valence-corrected chi connectivity index (χ4v) is 3.47. The van der Waals surface area contributed by atoms with Crippen LogP contribution in [0.1, 0.15) is 47.0 Å². The molecule has 1 N–H and O–H groups in total. The molecule has 2 aliphatic rings. The Kier molecular flexibility index (Phi) is 5.15. The Hall–Kier alpha value is -0.810. The number of aliphatic hydroxyl groups excluding tert-OH is 1. The minimum atomic E-state index is -0.485. The maximum absolute atomic E-state index is 12.4. The standard InChI is InChI=1S/C16H30N2O3/c1-5-17-8-6-12(7-9-17)14-10-13(19)11-18(14)15(20)21-16(2,3)4/h12-14,19H,5-11H2,1-4H3/t13-,14+/m1/s1. The molecule has 0 radical (unpaired) electrons. The lowest BCUT2D eigenvalue weighted by molar-refractivity contribution is 0.0125. The highest BCUT2D eigenvalue weighted by Crippen LogP contribution is 2.32. The number of likely N-dealkylation sites (tertiary alicyclic amines) is 2. The number of carbonyl (C=O) groups is 1. The summed E-state index contributed by atoms with van der Waals surface area (Å²) in [5.41, 5.74) is -0.485. The molecule has 2 atom stereocenters. The monoisotopic (exact) mass is 298 g/mol. The van der Waals surface area contributed by atoms with Gasteiger partial charge < -0.3 is 19.6 Å². The van der Waals surface area contributed by atoms with Crippen LogP contribution in [-0.2, 0) is 4.74 Å². The Balaban J connectivity index is 1.98. The fraction of sp³-hybridized carbons (Fsp3) is 0.938. The molecule has 0 unspecified atom stereocenters. The van der Waals surface area contributed by atoms with E-state index in [0.717, 1.165) is 32.5 Å². The van der Waals surface area contributed by atoms with Gasteiger partial charge in [0.15, 0.2) is 0 Å². The quantitative estimate of drug-likeness (QED) is 0.848. The van der Waals surface area contributed by atoms with Crippen LogP contribution in [0.15, 0.2) is 0 Å². The molecule has 1 amide bonds. The molecule has 0 aromatic rings. The summed E-state index contributed by atoms with van der Waals surface area (Å²) in [6.07, 6.45) is 2.21. The van der Waals surface area contributed by atoms with E-state index < -0.39 is 11.7 Å². The zero-order chi connectivity index (χ0) is 15.6. The topological polar surface area (TPSA) is 53.0 Å². The average Bonchev–Trinajstić information content (AvgIpc) is 2.79. The van der Waals surface area contributed by atoms with Gasteiger partial charge in [-0.2, -0.15) is 0 Å². The van der Waals surface area contributed by atoms with E-state index in [9.17, 15) is 9.90 Å². The molecule has 0 aromatic heterocycles.